The second kappa shape index (κ2) is 4.48. The molecule has 0 radical (unpaired) electrons. The molecule has 6 nitrogen and oxygen atoms in total. The first-order chi connectivity index (χ1) is 7.92. The maximum absolute atomic E-state index is 5.50. The van der Waals surface area contributed by atoms with Crippen molar-refractivity contribution >= 4 is 0 Å². The number of hydrogen-bond acceptors (Lipinski definition) is 6. The molecule has 0 aliphatic carbocycles. The Bertz CT molecular complexity index is 345. The van der Waals surface area contributed by atoms with E-state index in [2.05, 4.69) is 15.5 Å². The Morgan fingerprint density at radius 3 is 2.94 bits per heavy atom. The van der Waals surface area contributed by atoms with E-state index in [1.807, 2.05) is 0 Å². The molecule has 1 unspecified atom stereocenters. The van der Waals surface area contributed by atoms with Crippen LogP contribution in [0, 0.1) is 5.92 Å². The van der Waals surface area contributed by atoms with Crippen LogP contribution in [-0.2, 0) is 15.9 Å². The molecule has 1 aromatic heterocycles. The molecule has 88 valence electrons. The average Bonchev–Trinajstić information content (AvgIpc) is 2.73. The molecule has 0 spiro atoms. The first kappa shape index (κ1) is 10.2. The van der Waals surface area contributed by atoms with Crippen molar-refractivity contribution in [2.75, 3.05) is 32.9 Å². The fourth-order valence-electron chi connectivity index (χ4n) is 1.86. The highest BCUT2D eigenvalue weighted by molar-refractivity contribution is 4.94. The van der Waals surface area contributed by atoms with Gasteiger partial charge in [0.15, 0.2) is 0 Å². The molecule has 2 fully saturated rings. The Balaban J connectivity index is 1.61. The van der Waals surface area contributed by atoms with E-state index in [4.69, 9.17) is 14.0 Å². The quantitative estimate of drug-likeness (QED) is 0.776. The van der Waals surface area contributed by atoms with Gasteiger partial charge in [-0.1, -0.05) is 5.16 Å². The first-order valence-corrected chi connectivity index (χ1v) is 5.64. The van der Waals surface area contributed by atoms with E-state index >= 15 is 0 Å². The van der Waals surface area contributed by atoms with Gasteiger partial charge in [-0.25, -0.2) is 0 Å². The lowest BCUT2D eigenvalue weighted by Gasteiger charge is -2.25. The standard InChI is InChI=1S/C10H15N3O3/c1-2-15-8(6-14-1)10-12-9(16-13-10)3-7-4-11-5-7/h7-8,11H,1-6H2. The molecule has 2 aliphatic rings. The van der Waals surface area contributed by atoms with Crippen LogP contribution in [0.15, 0.2) is 4.52 Å². The molecule has 6 heteroatoms. The van der Waals surface area contributed by atoms with Gasteiger partial charge in [-0.15, -0.1) is 0 Å². The summed E-state index contributed by atoms with van der Waals surface area (Å²) in [6.07, 6.45) is 0.693. The van der Waals surface area contributed by atoms with Crippen LogP contribution in [-0.4, -0.2) is 43.1 Å². The van der Waals surface area contributed by atoms with E-state index < -0.39 is 0 Å². The predicted octanol–water partition coefficient (Wildman–Crippen LogP) is -0.0806. The van der Waals surface area contributed by atoms with Gasteiger partial charge in [0, 0.05) is 6.42 Å². The lowest BCUT2D eigenvalue weighted by atomic mass is 10.00. The fraction of sp³-hybridized carbons (Fsp3) is 0.800. The first-order valence-electron chi connectivity index (χ1n) is 5.64. The van der Waals surface area contributed by atoms with E-state index in [0.717, 1.165) is 19.5 Å². The number of nitrogens with one attached hydrogen (secondary N) is 1. The number of rotatable bonds is 3. The lowest BCUT2D eigenvalue weighted by molar-refractivity contribution is -0.0941. The van der Waals surface area contributed by atoms with Crippen molar-refractivity contribution in [2.24, 2.45) is 5.92 Å². The van der Waals surface area contributed by atoms with E-state index in [0.29, 0.717) is 37.5 Å². The summed E-state index contributed by atoms with van der Waals surface area (Å²) in [4.78, 5) is 4.35. The molecule has 1 aromatic rings. The molecule has 2 saturated heterocycles. The highest BCUT2D eigenvalue weighted by Crippen LogP contribution is 2.19. The van der Waals surface area contributed by atoms with Gasteiger partial charge in [-0.3, -0.25) is 0 Å². The van der Waals surface area contributed by atoms with Crippen molar-refractivity contribution in [1.82, 2.24) is 15.5 Å². The Hall–Kier alpha value is -0.980. The van der Waals surface area contributed by atoms with Crippen molar-refractivity contribution in [3.8, 4) is 0 Å². The van der Waals surface area contributed by atoms with Crippen molar-refractivity contribution in [3.63, 3.8) is 0 Å². The SMILES string of the molecule is C1COC(c2noc(CC3CNC3)n2)CO1. The van der Waals surface area contributed by atoms with E-state index in [1.54, 1.807) is 0 Å². The molecule has 0 bridgehead atoms. The predicted molar refractivity (Wildman–Crippen MR) is 53.9 cm³/mol. The van der Waals surface area contributed by atoms with Crippen LogP contribution in [0.1, 0.15) is 17.8 Å². The summed E-state index contributed by atoms with van der Waals surface area (Å²) in [7, 11) is 0. The normalized spacial score (nSPS) is 26.6. The number of nitrogens with zero attached hydrogens (tertiary/aromatic N) is 2. The minimum absolute atomic E-state index is 0.161. The van der Waals surface area contributed by atoms with Crippen LogP contribution < -0.4 is 5.32 Å². The smallest absolute Gasteiger partial charge is 0.227 e. The van der Waals surface area contributed by atoms with Crippen LogP contribution >= 0.6 is 0 Å². The van der Waals surface area contributed by atoms with Crippen LogP contribution in [0.4, 0.5) is 0 Å². The third-order valence-electron chi connectivity index (χ3n) is 2.92. The van der Waals surface area contributed by atoms with E-state index in [9.17, 15) is 0 Å². The summed E-state index contributed by atoms with van der Waals surface area (Å²) in [5.74, 6) is 1.95. The van der Waals surface area contributed by atoms with Crippen LogP contribution in [0.3, 0.4) is 0 Å². The van der Waals surface area contributed by atoms with Crippen LogP contribution in [0.2, 0.25) is 0 Å². The highest BCUT2D eigenvalue weighted by atomic mass is 16.6. The summed E-state index contributed by atoms with van der Waals surface area (Å²) in [6.45, 7) is 3.85. The number of aromatic nitrogens is 2. The molecule has 3 rings (SSSR count). The van der Waals surface area contributed by atoms with E-state index in [1.165, 1.54) is 0 Å². The van der Waals surface area contributed by atoms with Gasteiger partial charge in [0.05, 0.1) is 19.8 Å². The van der Waals surface area contributed by atoms with Gasteiger partial charge in [-0.2, -0.15) is 4.98 Å². The van der Waals surface area contributed by atoms with Gasteiger partial charge in [0.2, 0.25) is 11.7 Å². The number of ether oxygens (including phenoxy) is 2. The van der Waals surface area contributed by atoms with Gasteiger partial charge in [0.1, 0.15) is 6.10 Å². The Labute approximate surface area is 93.3 Å². The average molecular weight is 225 g/mol. The molecule has 0 aromatic carbocycles. The third kappa shape index (κ3) is 2.09. The maximum Gasteiger partial charge on any atom is 0.227 e. The lowest BCUT2D eigenvalue weighted by Crippen LogP contribution is -2.43. The molecular weight excluding hydrogens is 210 g/mol. The minimum Gasteiger partial charge on any atom is -0.376 e. The van der Waals surface area contributed by atoms with Gasteiger partial charge in [0.25, 0.3) is 0 Å². The molecule has 16 heavy (non-hydrogen) atoms. The Kier molecular flexibility index (Phi) is 2.86. The van der Waals surface area contributed by atoms with Crippen LogP contribution in [0.5, 0.6) is 0 Å². The Morgan fingerprint density at radius 1 is 1.31 bits per heavy atom. The van der Waals surface area contributed by atoms with Gasteiger partial charge in [-0.05, 0) is 19.0 Å². The van der Waals surface area contributed by atoms with Crippen molar-refractivity contribution in [2.45, 2.75) is 12.5 Å². The molecule has 3 heterocycles. The summed E-state index contributed by atoms with van der Waals surface area (Å²) >= 11 is 0. The Morgan fingerprint density at radius 2 is 2.25 bits per heavy atom. The maximum atomic E-state index is 5.50. The minimum atomic E-state index is -0.161. The third-order valence-corrected chi connectivity index (χ3v) is 2.92. The fourth-order valence-corrected chi connectivity index (χ4v) is 1.86. The topological polar surface area (TPSA) is 69.4 Å². The molecule has 0 saturated carbocycles. The molecule has 2 aliphatic heterocycles. The summed E-state index contributed by atoms with van der Waals surface area (Å²) in [5, 5.41) is 7.16. The molecule has 0 amide bonds. The van der Waals surface area contributed by atoms with Crippen molar-refractivity contribution in [3.05, 3.63) is 11.7 Å². The van der Waals surface area contributed by atoms with Gasteiger partial charge < -0.3 is 19.3 Å². The zero-order valence-electron chi connectivity index (χ0n) is 9.02. The van der Waals surface area contributed by atoms with Crippen molar-refractivity contribution < 1.29 is 14.0 Å². The zero-order valence-corrected chi connectivity index (χ0v) is 9.02. The summed E-state index contributed by atoms with van der Waals surface area (Å²) in [6, 6.07) is 0. The highest BCUT2D eigenvalue weighted by Gasteiger charge is 2.24. The summed E-state index contributed by atoms with van der Waals surface area (Å²) < 4.78 is 16.0. The molecular formula is C10H15N3O3. The number of hydrogen-bond donors (Lipinski definition) is 1. The van der Waals surface area contributed by atoms with Crippen molar-refractivity contribution in [1.29, 1.82) is 0 Å². The zero-order chi connectivity index (χ0) is 10.8. The molecule has 1 atom stereocenters. The monoisotopic (exact) mass is 225 g/mol. The molecule has 1 N–H and O–H groups in total. The second-order valence-electron chi connectivity index (χ2n) is 4.21. The second-order valence-corrected chi connectivity index (χ2v) is 4.21. The van der Waals surface area contributed by atoms with E-state index in [-0.39, 0.29) is 6.10 Å². The van der Waals surface area contributed by atoms with Gasteiger partial charge >= 0.3 is 0 Å². The van der Waals surface area contributed by atoms with Crippen LogP contribution in [0.25, 0.3) is 0 Å². The largest absolute Gasteiger partial charge is 0.376 e. The summed E-state index contributed by atoms with van der Waals surface area (Å²) in [5.41, 5.74) is 0.